The number of aromatic amines is 1. The molecule has 0 saturated carbocycles. The maximum Gasteiger partial charge on any atom is 0.263 e. The van der Waals surface area contributed by atoms with Crippen LogP contribution in [0, 0.1) is 0 Å². The number of nitrogens with one attached hydrogen (secondary N) is 3. The standard InChI is InChI=1S/C29H27N9O2S/c30-26-21(14-33-25-10-12-35-38(25)26)28(39)32-11-4-3-7-22(37-29(40)24-16-31-17-41-24)27-34-15-23(36-27)20-9-8-18-5-1-2-6-19(18)13-20/h1-2,5-6,8-10,12-17,22H,3-4,7,11,30H2,(H,32,39)(H,34,36)(H,37,40). The van der Waals surface area contributed by atoms with Gasteiger partial charge in [0.15, 0.2) is 5.65 Å². The highest BCUT2D eigenvalue weighted by atomic mass is 32.1. The van der Waals surface area contributed by atoms with E-state index in [1.165, 1.54) is 27.4 Å². The fraction of sp³-hybridized carbons (Fsp3) is 0.172. The number of anilines is 1. The largest absolute Gasteiger partial charge is 0.383 e. The number of aromatic nitrogens is 6. The Morgan fingerprint density at radius 2 is 1.88 bits per heavy atom. The Balaban J connectivity index is 1.11. The molecular weight excluding hydrogens is 538 g/mol. The summed E-state index contributed by atoms with van der Waals surface area (Å²) in [7, 11) is 0. The van der Waals surface area contributed by atoms with Gasteiger partial charge < -0.3 is 21.4 Å². The number of hydrogen-bond donors (Lipinski definition) is 4. The highest BCUT2D eigenvalue weighted by Gasteiger charge is 2.20. The van der Waals surface area contributed by atoms with Crippen molar-refractivity contribution in [2.45, 2.75) is 25.3 Å². The third kappa shape index (κ3) is 5.63. The number of hydrogen-bond acceptors (Lipinski definition) is 8. The van der Waals surface area contributed by atoms with Crippen LogP contribution in [0.1, 0.15) is 51.2 Å². The lowest BCUT2D eigenvalue weighted by Crippen LogP contribution is -2.29. The molecule has 4 aromatic heterocycles. The molecule has 0 bridgehead atoms. The van der Waals surface area contributed by atoms with Crippen molar-refractivity contribution in [2.24, 2.45) is 0 Å². The minimum atomic E-state index is -0.350. The normalized spacial score (nSPS) is 12.0. The van der Waals surface area contributed by atoms with Gasteiger partial charge in [-0.05, 0) is 36.1 Å². The summed E-state index contributed by atoms with van der Waals surface area (Å²) >= 11 is 1.28. The average molecular weight is 566 g/mol. The Hall–Kier alpha value is -5.10. The lowest BCUT2D eigenvalue weighted by molar-refractivity contribution is 0.0935. The number of nitrogen functional groups attached to an aromatic ring is 1. The van der Waals surface area contributed by atoms with Crippen LogP contribution in [0.5, 0.6) is 0 Å². The summed E-state index contributed by atoms with van der Waals surface area (Å²) < 4.78 is 1.43. The number of carbonyl (C=O) groups is 2. The number of carbonyl (C=O) groups excluding carboxylic acids is 2. The molecule has 6 aromatic rings. The number of imidazole rings is 1. The first-order valence-corrected chi connectivity index (χ1v) is 14.0. The van der Waals surface area contributed by atoms with Gasteiger partial charge in [-0.2, -0.15) is 9.61 Å². The summed E-state index contributed by atoms with van der Waals surface area (Å²) in [6.45, 7) is 0.436. The van der Waals surface area contributed by atoms with Crippen LogP contribution in [0.4, 0.5) is 5.82 Å². The molecule has 206 valence electrons. The Bertz CT molecular complexity index is 1830. The number of rotatable bonds is 10. The number of thiazole rings is 1. The monoisotopic (exact) mass is 565 g/mol. The first-order valence-electron chi connectivity index (χ1n) is 13.2. The van der Waals surface area contributed by atoms with Crippen LogP contribution in [-0.2, 0) is 0 Å². The molecule has 1 unspecified atom stereocenters. The van der Waals surface area contributed by atoms with Crippen molar-refractivity contribution >= 4 is 45.4 Å². The maximum absolute atomic E-state index is 12.9. The van der Waals surface area contributed by atoms with Crippen molar-refractivity contribution in [2.75, 3.05) is 12.3 Å². The smallest absolute Gasteiger partial charge is 0.263 e. The highest BCUT2D eigenvalue weighted by molar-refractivity contribution is 7.11. The molecular formula is C29H27N9O2S. The van der Waals surface area contributed by atoms with E-state index in [4.69, 9.17) is 5.73 Å². The number of nitrogens with two attached hydrogens (primary N) is 1. The number of H-pyrrole nitrogens is 1. The van der Waals surface area contributed by atoms with Crippen LogP contribution in [0.15, 0.2) is 78.8 Å². The second-order valence-corrected chi connectivity index (χ2v) is 10.4. The van der Waals surface area contributed by atoms with Crippen molar-refractivity contribution < 1.29 is 9.59 Å². The minimum absolute atomic E-state index is 0.202. The van der Waals surface area contributed by atoms with Gasteiger partial charge in [0, 0.05) is 24.4 Å². The lowest BCUT2D eigenvalue weighted by Gasteiger charge is -2.16. The second-order valence-electron chi connectivity index (χ2n) is 9.55. The number of fused-ring (bicyclic) bond motifs is 2. The Kier molecular flexibility index (Phi) is 7.37. The zero-order valence-corrected chi connectivity index (χ0v) is 22.8. The molecule has 0 aliphatic heterocycles. The van der Waals surface area contributed by atoms with Gasteiger partial charge in [-0.1, -0.05) is 36.4 Å². The van der Waals surface area contributed by atoms with Crippen molar-refractivity contribution in [1.82, 2.24) is 40.2 Å². The van der Waals surface area contributed by atoms with E-state index in [-0.39, 0.29) is 29.2 Å². The third-order valence-corrected chi connectivity index (χ3v) is 7.62. The SMILES string of the molecule is Nc1c(C(=O)NCCCCC(NC(=O)c2cncs2)c2ncc(-c3ccc4ccccc4c3)[nH]2)cnc2ccnn12. The van der Waals surface area contributed by atoms with Gasteiger partial charge in [0.2, 0.25) is 0 Å². The van der Waals surface area contributed by atoms with Crippen molar-refractivity contribution in [3.63, 3.8) is 0 Å². The molecule has 0 fully saturated rings. The van der Waals surface area contributed by atoms with Crippen LogP contribution in [0.3, 0.4) is 0 Å². The van der Waals surface area contributed by atoms with Gasteiger partial charge in [0.25, 0.3) is 11.8 Å². The molecule has 6 rings (SSSR count). The van der Waals surface area contributed by atoms with Crippen molar-refractivity contribution in [3.8, 4) is 11.3 Å². The fourth-order valence-electron chi connectivity index (χ4n) is 4.69. The van der Waals surface area contributed by atoms with E-state index in [0.29, 0.717) is 35.7 Å². The second kappa shape index (κ2) is 11.6. The van der Waals surface area contributed by atoms with Crippen LogP contribution >= 0.6 is 11.3 Å². The predicted molar refractivity (Wildman–Crippen MR) is 157 cm³/mol. The summed E-state index contributed by atoms with van der Waals surface area (Å²) in [6.07, 6.45) is 8.41. The van der Waals surface area contributed by atoms with Crippen molar-refractivity contribution in [1.29, 1.82) is 0 Å². The summed E-state index contributed by atoms with van der Waals surface area (Å²) in [5.41, 5.74) is 10.5. The lowest BCUT2D eigenvalue weighted by atomic mass is 10.1. The van der Waals surface area contributed by atoms with Gasteiger partial charge in [-0.3, -0.25) is 14.6 Å². The summed E-state index contributed by atoms with van der Waals surface area (Å²) in [6, 6.07) is 15.8. The van der Waals surface area contributed by atoms with E-state index in [9.17, 15) is 9.59 Å². The molecule has 0 aliphatic rings. The van der Waals surface area contributed by atoms with Crippen LogP contribution in [0.25, 0.3) is 27.7 Å². The number of unbranched alkanes of at least 4 members (excludes halogenated alkanes) is 1. The zero-order valence-electron chi connectivity index (χ0n) is 21.9. The van der Waals surface area contributed by atoms with E-state index in [1.54, 1.807) is 30.2 Å². The zero-order chi connectivity index (χ0) is 28.2. The Morgan fingerprint density at radius 3 is 2.73 bits per heavy atom. The van der Waals surface area contributed by atoms with Gasteiger partial charge in [0.1, 0.15) is 16.5 Å². The molecule has 2 amide bonds. The van der Waals surface area contributed by atoms with Crippen LogP contribution in [0.2, 0.25) is 0 Å². The third-order valence-electron chi connectivity index (χ3n) is 6.85. The molecule has 11 nitrogen and oxygen atoms in total. The van der Waals surface area contributed by atoms with E-state index in [0.717, 1.165) is 23.1 Å². The number of amides is 2. The first-order chi connectivity index (χ1) is 20.1. The number of benzene rings is 2. The Labute approximate surface area is 238 Å². The van der Waals surface area contributed by atoms with E-state index >= 15 is 0 Å². The fourth-order valence-corrected chi connectivity index (χ4v) is 5.21. The molecule has 12 heteroatoms. The number of nitrogens with zero attached hydrogens (tertiary/aromatic N) is 5. The van der Waals surface area contributed by atoms with Gasteiger partial charge in [0.05, 0.1) is 41.4 Å². The Morgan fingerprint density at radius 1 is 1.00 bits per heavy atom. The minimum Gasteiger partial charge on any atom is -0.383 e. The molecule has 0 saturated heterocycles. The summed E-state index contributed by atoms with van der Waals surface area (Å²) in [4.78, 5) is 42.4. The molecule has 4 heterocycles. The average Bonchev–Trinajstić information content (AvgIpc) is 3.78. The van der Waals surface area contributed by atoms with Gasteiger partial charge in [-0.25, -0.2) is 9.97 Å². The van der Waals surface area contributed by atoms with Gasteiger partial charge in [-0.15, -0.1) is 11.3 Å². The molecule has 0 aliphatic carbocycles. The van der Waals surface area contributed by atoms with E-state index in [1.807, 2.05) is 12.1 Å². The van der Waals surface area contributed by atoms with Crippen molar-refractivity contribution in [3.05, 3.63) is 95.1 Å². The van der Waals surface area contributed by atoms with E-state index < -0.39 is 0 Å². The summed E-state index contributed by atoms with van der Waals surface area (Å²) in [5.74, 6) is 0.393. The topological polar surface area (TPSA) is 156 Å². The summed E-state index contributed by atoms with van der Waals surface area (Å²) in [5, 5.41) is 12.4. The highest BCUT2D eigenvalue weighted by Crippen LogP contribution is 2.26. The molecule has 5 N–H and O–H groups in total. The van der Waals surface area contributed by atoms with Crippen LogP contribution < -0.4 is 16.4 Å². The first kappa shape index (κ1) is 26.1. The predicted octanol–water partition coefficient (Wildman–Crippen LogP) is 4.38. The van der Waals surface area contributed by atoms with Crippen LogP contribution in [-0.4, -0.2) is 47.9 Å². The quantitative estimate of drug-likeness (QED) is 0.180. The molecule has 1 atom stereocenters. The maximum atomic E-state index is 12.9. The molecule has 2 aromatic carbocycles. The molecule has 0 radical (unpaired) electrons. The molecule has 41 heavy (non-hydrogen) atoms. The van der Waals surface area contributed by atoms with E-state index in [2.05, 4.69) is 66.0 Å². The van der Waals surface area contributed by atoms with Gasteiger partial charge >= 0.3 is 0 Å². The molecule has 0 spiro atoms.